The Morgan fingerprint density at radius 2 is 2.22 bits per heavy atom. The number of halogens is 1. The van der Waals surface area contributed by atoms with E-state index in [9.17, 15) is 14.2 Å². The van der Waals surface area contributed by atoms with Crippen molar-refractivity contribution in [2.45, 2.75) is 63.2 Å². The minimum Gasteiger partial charge on any atom is -0.462 e. The molecular formula is C17H24ClN6O7P. The number of carbonyl (C=O) groups is 1. The van der Waals surface area contributed by atoms with Crippen molar-refractivity contribution < 1.29 is 27.9 Å². The van der Waals surface area contributed by atoms with E-state index in [4.69, 9.17) is 35.9 Å². The van der Waals surface area contributed by atoms with E-state index < -0.39 is 48.6 Å². The van der Waals surface area contributed by atoms with E-state index in [2.05, 4.69) is 20.0 Å². The highest BCUT2D eigenvalue weighted by molar-refractivity contribution is 7.51. The summed E-state index contributed by atoms with van der Waals surface area (Å²) in [7, 11) is -3.91. The number of imidazole rings is 1. The van der Waals surface area contributed by atoms with Crippen molar-refractivity contribution in [2.24, 2.45) is 0 Å². The molecule has 15 heteroatoms. The maximum Gasteiger partial charge on any atom is 0.406 e. The Kier molecular flexibility index (Phi) is 5.85. The summed E-state index contributed by atoms with van der Waals surface area (Å²) >= 11 is 6.83. The van der Waals surface area contributed by atoms with Crippen LogP contribution in [-0.4, -0.2) is 61.3 Å². The highest BCUT2D eigenvalue weighted by atomic mass is 35.5. The van der Waals surface area contributed by atoms with E-state index >= 15 is 0 Å². The summed E-state index contributed by atoms with van der Waals surface area (Å²) in [6, 6.07) is -0.948. The molecule has 2 fully saturated rings. The Hall–Kier alpha value is -2.02. The summed E-state index contributed by atoms with van der Waals surface area (Å²) in [5, 5.41) is 2.57. The largest absolute Gasteiger partial charge is 0.462 e. The third-order valence-electron chi connectivity index (χ3n) is 5.10. The van der Waals surface area contributed by atoms with Gasteiger partial charge in [-0.1, -0.05) is 0 Å². The number of esters is 1. The van der Waals surface area contributed by atoms with Gasteiger partial charge in [0.15, 0.2) is 17.4 Å². The molecule has 32 heavy (non-hydrogen) atoms. The summed E-state index contributed by atoms with van der Waals surface area (Å²) in [6.07, 6.45) is -1.43. The molecule has 2 aromatic rings. The van der Waals surface area contributed by atoms with Crippen LogP contribution >= 0.6 is 19.3 Å². The first-order valence-electron chi connectivity index (χ1n) is 9.89. The topological polar surface area (TPSA) is 173 Å². The summed E-state index contributed by atoms with van der Waals surface area (Å²) in [5.41, 5.74) is 5.39. The molecule has 0 saturated carbocycles. The van der Waals surface area contributed by atoms with Crippen LogP contribution < -0.4 is 16.4 Å². The van der Waals surface area contributed by atoms with Crippen molar-refractivity contribution in [3.63, 3.8) is 0 Å². The second kappa shape index (κ2) is 8.08. The first kappa shape index (κ1) is 23.1. The zero-order valence-electron chi connectivity index (χ0n) is 17.8. The van der Waals surface area contributed by atoms with E-state index in [0.717, 1.165) is 0 Å². The van der Waals surface area contributed by atoms with Gasteiger partial charge in [-0.2, -0.15) is 4.98 Å². The summed E-state index contributed by atoms with van der Waals surface area (Å²) in [6.45, 7) is 6.43. The number of anilines is 1. The Labute approximate surface area is 187 Å². The predicted octanol–water partition coefficient (Wildman–Crippen LogP) is 1.05. The predicted molar refractivity (Wildman–Crippen MR) is 113 cm³/mol. The quantitative estimate of drug-likeness (QED) is 0.310. The number of nitrogens with one attached hydrogen (secondary N) is 2. The lowest BCUT2D eigenvalue weighted by molar-refractivity contribution is -0.149. The molecule has 0 aromatic carbocycles. The molecule has 4 rings (SSSR count). The van der Waals surface area contributed by atoms with Gasteiger partial charge in [-0.05, 0) is 27.7 Å². The lowest BCUT2D eigenvalue weighted by Gasteiger charge is -2.36. The molecule has 0 aliphatic carbocycles. The lowest BCUT2D eigenvalue weighted by atomic mass is 10.0. The van der Waals surface area contributed by atoms with Crippen molar-refractivity contribution in [1.29, 1.82) is 0 Å². The number of aromatic amines is 1. The summed E-state index contributed by atoms with van der Waals surface area (Å²) < 4.78 is 36.9. The highest BCUT2D eigenvalue weighted by Crippen LogP contribution is 2.57. The van der Waals surface area contributed by atoms with Crippen LogP contribution in [-0.2, 0) is 27.9 Å². The van der Waals surface area contributed by atoms with Gasteiger partial charge in [-0.15, -0.1) is 11.6 Å². The zero-order valence-corrected chi connectivity index (χ0v) is 19.4. The van der Waals surface area contributed by atoms with Gasteiger partial charge < -0.3 is 15.2 Å². The van der Waals surface area contributed by atoms with Gasteiger partial charge in [0.2, 0.25) is 5.95 Å². The zero-order chi connectivity index (χ0) is 23.4. The third kappa shape index (κ3) is 4.04. The fourth-order valence-electron chi connectivity index (χ4n) is 3.67. The van der Waals surface area contributed by atoms with Crippen molar-refractivity contribution in [3.05, 3.63) is 16.7 Å². The molecule has 2 aromatic heterocycles. The smallest absolute Gasteiger partial charge is 0.406 e. The van der Waals surface area contributed by atoms with Gasteiger partial charge in [0.25, 0.3) is 5.56 Å². The maximum absolute atomic E-state index is 13.2. The standard InChI is InChI=1S/C17H24ClN6O7P/c1-7(2)29-14(26)8(3)23-32(27)28-5-9-11(31-32)17(4,18)15(30-9)24-6-20-10-12(24)21-16(19)22-13(10)25/h6-9,11,15H,5H2,1-4H3,(H,23,27)(H3,19,21,22,25)/t8-,9-,11-,15-,17-,32-/m1/s1. The molecule has 0 bridgehead atoms. The molecule has 2 saturated heterocycles. The van der Waals surface area contributed by atoms with Crippen molar-refractivity contribution in [3.8, 4) is 0 Å². The average molecular weight is 491 g/mol. The van der Waals surface area contributed by atoms with E-state index in [-0.39, 0.29) is 29.8 Å². The number of hydrogen-bond acceptors (Lipinski definition) is 10. The molecule has 6 atom stereocenters. The van der Waals surface area contributed by atoms with E-state index in [1.165, 1.54) is 17.8 Å². The Balaban J connectivity index is 1.58. The Bertz CT molecular complexity index is 1150. The number of nitrogens with zero attached hydrogens (tertiary/aromatic N) is 3. The van der Waals surface area contributed by atoms with E-state index in [1.807, 2.05) is 0 Å². The number of ether oxygens (including phenoxy) is 2. The van der Waals surface area contributed by atoms with E-state index in [0.29, 0.717) is 0 Å². The van der Waals surface area contributed by atoms with Crippen LogP contribution in [0.4, 0.5) is 5.95 Å². The summed E-state index contributed by atoms with van der Waals surface area (Å²) in [4.78, 5) is 33.5. The van der Waals surface area contributed by atoms with Gasteiger partial charge in [0.1, 0.15) is 23.1 Å². The van der Waals surface area contributed by atoms with Gasteiger partial charge in [-0.3, -0.25) is 28.2 Å². The van der Waals surface area contributed by atoms with Crippen LogP contribution in [0.15, 0.2) is 11.1 Å². The molecule has 0 amide bonds. The molecule has 0 unspecified atom stereocenters. The number of rotatable bonds is 5. The fraction of sp³-hybridized carbons (Fsp3) is 0.647. The van der Waals surface area contributed by atoms with Gasteiger partial charge >= 0.3 is 13.7 Å². The minimum absolute atomic E-state index is 0.0622. The Morgan fingerprint density at radius 3 is 2.91 bits per heavy atom. The SMILES string of the molecule is CC(C)OC(=O)[C@@H](C)N[P@@]1(=O)OC[C@H]2O[C@@H](n3cnc4c(=O)[nH]c(N)nc43)[C@](C)(Cl)[C@@H]2O1. The van der Waals surface area contributed by atoms with Crippen LogP contribution in [0.1, 0.15) is 33.9 Å². The van der Waals surface area contributed by atoms with Crippen LogP contribution in [0.3, 0.4) is 0 Å². The summed E-state index contributed by atoms with van der Waals surface area (Å²) in [5.74, 6) is -0.691. The fourth-order valence-corrected chi connectivity index (χ4v) is 5.84. The molecule has 13 nitrogen and oxygen atoms in total. The van der Waals surface area contributed by atoms with Crippen molar-refractivity contribution >= 4 is 42.4 Å². The van der Waals surface area contributed by atoms with Gasteiger partial charge in [0, 0.05) is 0 Å². The third-order valence-corrected chi connectivity index (χ3v) is 7.20. The van der Waals surface area contributed by atoms with E-state index in [1.54, 1.807) is 20.8 Å². The number of hydrogen-bond donors (Lipinski definition) is 3. The highest BCUT2D eigenvalue weighted by Gasteiger charge is 2.60. The molecule has 4 heterocycles. The number of fused-ring (bicyclic) bond motifs is 2. The van der Waals surface area contributed by atoms with Crippen LogP contribution in [0.5, 0.6) is 0 Å². The van der Waals surface area contributed by atoms with Crippen LogP contribution in [0, 0.1) is 0 Å². The number of nitrogen functional groups attached to an aromatic ring is 1. The molecule has 176 valence electrons. The number of carbonyl (C=O) groups excluding carboxylic acids is 1. The monoisotopic (exact) mass is 490 g/mol. The molecule has 0 spiro atoms. The molecule has 0 radical (unpaired) electrons. The van der Waals surface area contributed by atoms with Crippen LogP contribution in [0.2, 0.25) is 0 Å². The maximum atomic E-state index is 13.2. The van der Waals surface area contributed by atoms with Crippen molar-refractivity contribution in [1.82, 2.24) is 24.6 Å². The van der Waals surface area contributed by atoms with Crippen molar-refractivity contribution in [2.75, 3.05) is 12.3 Å². The average Bonchev–Trinajstić information content (AvgIpc) is 3.19. The van der Waals surface area contributed by atoms with Gasteiger partial charge in [-0.25, -0.2) is 14.6 Å². The van der Waals surface area contributed by atoms with Gasteiger partial charge in [0.05, 0.1) is 19.0 Å². The number of alkyl halides is 1. The molecule has 4 N–H and O–H groups in total. The molecular weight excluding hydrogens is 467 g/mol. The second-order valence-corrected chi connectivity index (χ2v) is 10.6. The second-order valence-electron chi connectivity index (χ2n) is 8.11. The number of nitrogens with two attached hydrogens (primary N) is 1. The van der Waals surface area contributed by atoms with Crippen LogP contribution in [0.25, 0.3) is 11.2 Å². The minimum atomic E-state index is -3.91. The first-order valence-corrected chi connectivity index (χ1v) is 11.8. The molecule has 2 aliphatic rings. The normalized spacial score (nSPS) is 33.4. The molecule has 2 aliphatic heterocycles. The lowest BCUT2D eigenvalue weighted by Crippen LogP contribution is -2.47. The first-order chi connectivity index (χ1) is 14.9. The Morgan fingerprint density at radius 1 is 1.50 bits per heavy atom. The number of H-pyrrole nitrogens is 1. The number of aromatic nitrogens is 4.